The van der Waals surface area contributed by atoms with Gasteiger partial charge in [0.25, 0.3) is 0 Å². The second kappa shape index (κ2) is 6.43. The number of sulfonamides is 1. The maximum absolute atomic E-state index is 12.4. The summed E-state index contributed by atoms with van der Waals surface area (Å²) >= 11 is 3.24. The molecule has 1 unspecified atom stereocenters. The van der Waals surface area contributed by atoms with Crippen molar-refractivity contribution >= 4 is 37.5 Å². The first-order valence-electron chi connectivity index (χ1n) is 6.59. The zero-order chi connectivity index (χ0) is 15.6. The number of fused-ring (bicyclic) bond motifs is 1. The SMILES string of the molecule is CC(CCCO)NS(=O)(=O)c1cc2c(cc1Br)NC(=O)C2. The minimum Gasteiger partial charge on any atom is -0.396 e. The van der Waals surface area contributed by atoms with E-state index in [2.05, 4.69) is 26.0 Å². The lowest BCUT2D eigenvalue weighted by molar-refractivity contribution is -0.115. The number of aliphatic hydroxyl groups is 1. The van der Waals surface area contributed by atoms with Gasteiger partial charge in [-0.25, -0.2) is 13.1 Å². The summed E-state index contributed by atoms with van der Waals surface area (Å²) in [6.07, 6.45) is 1.27. The number of amides is 1. The number of halogens is 1. The highest BCUT2D eigenvalue weighted by Crippen LogP contribution is 2.32. The van der Waals surface area contributed by atoms with Crippen LogP contribution in [0.1, 0.15) is 25.3 Å². The molecule has 0 bridgehead atoms. The number of hydrogen-bond acceptors (Lipinski definition) is 4. The van der Waals surface area contributed by atoms with Crippen LogP contribution in [0.3, 0.4) is 0 Å². The minimum absolute atomic E-state index is 0.0301. The molecule has 0 radical (unpaired) electrons. The highest BCUT2D eigenvalue weighted by atomic mass is 79.9. The molecule has 1 amide bonds. The van der Waals surface area contributed by atoms with Crippen LogP contribution in [0.2, 0.25) is 0 Å². The number of hydrogen-bond donors (Lipinski definition) is 3. The number of rotatable bonds is 6. The number of nitrogens with one attached hydrogen (secondary N) is 2. The van der Waals surface area contributed by atoms with E-state index in [9.17, 15) is 13.2 Å². The van der Waals surface area contributed by atoms with E-state index >= 15 is 0 Å². The Morgan fingerprint density at radius 3 is 2.86 bits per heavy atom. The third-order valence-electron chi connectivity index (χ3n) is 3.22. The maximum atomic E-state index is 12.4. The first-order chi connectivity index (χ1) is 9.83. The van der Waals surface area contributed by atoms with Crippen LogP contribution in [0.5, 0.6) is 0 Å². The monoisotopic (exact) mass is 376 g/mol. The Morgan fingerprint density at radius 1 is 1.48 bits per heavy atom. The van der Waals surface area contributed by atoms with Gasteiger partial charge in [0.2, 0.25) is 15.9 Å². The predicted octanol–water partition coefficient (Wildman–Crippen LogP) is 1.38. The Kier molecular flexibility index (Phi) is 5.03. The van der Waals surface area contributed by atoms with Crippen LogP contribution in [0.4, 0.5) is 5.69 Å². The average molecular weight is 377 g/mol. The largest absolute Gasteiger partial charge is 0.396 e. The fourth-order valence-corrected chi connectivity index (χ4v) is 4.59. The Balaban J connectivity index is 2.25. The van der Waals surface area contributed by atoms with E-state index in [1.165, 1.54) is 6.07 Å². The first kappa shape index (κ1) is 16.4. The summed E-state index contributed by atoms with van der Waals surface area (Å²) in [6.45, 7) is 1.78. The van der Waals surface area contributed by atoms with E-state index in [0.29, 0.717) is 28.6 Å². The van der Waals surface area contributed by atoms with Crippen LogP contribution >= 0.6 is 15.9 Å². The van der Waals surface area contributed by atoms with E-state index in [-0.39, 0.29) is 29.9 Å². The van der Waals surface area contributed by atoms with Crippen molar-refractivity contribution in [3.05, 3.63) is 22.2 Å². The van der Waals surface area contributed by atoms with E-state index in [4.69, 9.17) is 5.11 Å². The summed E-state index contributed by atoms with van der Waals surface area (Å²) in [5.41, 5.74) is 1.31. The van der Waals surface area contributed by atoms with Gasteiger partial charge in [0.1, 0.15) is 0 Å². The molecule has 6 nitrogen and oxygen atoms in total. The van der Waals surface area contributed by atoms with E-state index in [1.807, 2.05) is 0 Å². The fourth-order valence-electron chi connectivity index (χ4n) is 2.22. The number of carbonyl (C=O) groups is 1. The Morgan fingerprint density at radius 2 is 2.19 bits per heavy atom. The number of carbonyl (C=O) groups excluding carboxylic acids is 1. The Labute approximate surface area is 132 Å². The molecule has 1 aromatic rings. The zero-order valence-corrected chi connectivity index (χ0v) is 13.9. The van der Waals surface area contributed by atoms with Crippen LogP contribution < -0.4 is 10.0 Å². The third kappa shape index (κ3) is 3.82. The van der Waals surface area contributed by atoms with Crippen molar-refractivity contribution in [3.63, 3.8) is 0 Å². The standard InChI is InChI=1S/C13H17BrN2O4S/c1-8(3-2-4-17)16-21(19,20)12-5-9-6-13(18)15-11(9)7-10(12)14/h5,7-8,16-17H,2-4,6H2,1H3,(H,15,18). The molecule has 3 N–H and O–H groups in total. The maximum Gasteiger partial charge on any atom is 0.241 e. The number of anilines is 1. The topological polar surface area (TPSA) is 95.5 Å². The van der Waals surface area contributed by atoms with E-state index in [0.717, 1.165) is 0 Å². The molecular formula is C13H17BrN2O4S. The van der Waals surface area contributed by atoms with Crippen molar-refractivity contribution < 1.29 is 18.3 Å². The van der Waals surface area contributed by atoms with Gasteiger partial charge in [-0.3, -0.25) is 4.79 Å². The highest BCUT2D eigenvalue weighted by molar-refractivity contribution is 9.10. The van der Waals surface area contributed by atoms with Gasteiger partial charge in [0.15, 0.2) is 0 Å². The summed E-state index contributed by atoms with van der Waals surface area (Å²) in [6, 6.07) is 2.84. The van der Waals surface area contributed by atoms with Crippen molar-refractivity contribution in [2.45, 2.75) is 37.1 Å². The predicted molar refractivity (Wildman–Crippen MR) is 82.6 cm³/mol. The molecule has 1 aromatic carbocycles. The molecule has 1 atom stereocenters. The third-order valence-corrected chi connectivity index (χ3v) is 5.77. The molecule has 0 aliphatic carbocycles. The van der Waals surface area contributed by atoms with Gasteiger partial charge in [-0.2, -0.15) is 0 Å². The second-order valence-electron chi connectivity index (χ2n) is 5.05. The molecule has 0 saturated heterocycles. The van der Waals surface area contributed by atoms with Gasteiger partial charge in [-0.05, 0) is 53.4 Å². The van der Waals surface area contributed by atoms with Crippen LogP contribution in [0, 0.1) is 0 Å². The van der Waals surface area contributed by atoms with E-state index in [1.54, 1.807) is 13.0 Å². The molecular weight excluding hydrogens is 360 g/mol. The number of benzene rings is 1. The summed E-state index contributed by atoms with van der Waals surface area (Å²) in [5, 5.41) is 11.5. The zero-order valence-electron chi connectivity index (χ0n) is 11.5. The summed E-state index contributed by atoms with van der Waals surface area (Å²) < 4.78 is 27.8. The van der Waals surface area contributed by atoms with Crippen molar-refractivity contribution in [1.82, 2.24) is 4.72 Å². The minimum atomic E-state index is -3.68. The number of aliphatic hydroxyl groups excluding tert-OH is 1. The van der Waals surface area contributed by atoms with Gasteiger partial charge in [0.05, 0.1) is 11.3 Å². The molecule has 0 aromatic heterocycles. The highest BCUT2D eigenvalue weighted by Gasteiger charge is 2.25. The molecule has 0 fully saturated rings. The normalized spacial score (nSPS) is 15.7. The van der Waals surface area contributed by atoms with Crippen LogP contribution in [0.25, 0.3) is 0 Å². The summed E-state index contributed by atoms with van der Waals surface area (Å²) in [5.74, 6) is -0.143. The van der Waals surface area contributed by atoms with Gasteiger partial charge < -0.3 is 10.4 Å². The lowest BCUT2D eigenvalue weighted by Crippen LogP contribution is -2.33. The summed E-state index contributed by atoms with van der Waals surface area (Å²) in [4.78, 5) is 11.5. The van der Waals surface area contributed by atoms with Crippen LogP contribution in [0.15, 0.2) is 21.5 Å². The average Bonchev–Trinajstić information content (AvgIpc) is 2.73. The Hall–Kier alpha value is -0.960. The molecule has 1 aliphatic rings. The molecule has 0 spiro atoms. The van der Waals surface area contributed by atoms with Crippen LogP contribution in [-0.4, -0.2) is 32.1 Å². The lowest BCUT2D eigenvalue weighted by atomic mass is 10.2. The smallest absolute Gasteiger partial charge is 0.241 e. The van der Waals surface area contributed by atoms with Crippen molar-refractivity contribution in [3.8, 4) is 0 Å². The van der Waals surface area contributed by atoms with Crippen LogP contribution in [-0.2, 0) is 21.2 Å². The van der Waals surface area contributed by atoms with Crippen molar-refractivity contribution in [2.24, 2.45) is 0 Å². The van der Waals surface area contributed by atoms with Crippen molar-refractivity contribution in [2.75, 3.05) is 11.9 Å². The fraction of sp³-hybridized carbons (Fsp3) is 0.462. The molecule has 1 aliphatic heterocycles. The summed E-state index contributed by atoms with van der Waals surface area (Å²) in [7, 11) is -3.68. The van der Waals surface area contributed by atoms with Gasteiger partial charge in [-0.1, -0.05) is 0 Å². The second-order valence-corrected chi connectivity index (χ2v) is 7.59. The van der Waals surface area contributed by atoms with Gasteiger partial charge in [-0.15, -0.1) is 0 Å². The van der Waals surface area contributed by atoms with Gasteiger partial charge in [0, 0.05) is 22.8 Å². The molecule has 2 rings (SSSR count). The Bertz CT molecular complexity index is 660. The molecule has 21 heavy (non-hydrogen) atoms. The lowest BCUT2D eigenvalue weighted by Gasteiger charge is -2.15. The van der Waals surface area contributed by atoms with Gasteiger partial charge >= 0.3 is 0 Å². The molecule has 116 valence electrons. The molecule has 1 heterocycles. The quantitative estimate of drug-likeness (QED) is 0.698. The van der Waals surface area contributed by atoms with Crippen molar-refractivity contribution in [1.29, 1.82) is 0 Å². The van der Waals surface area contributed by atoms with E-state index < -0.39 is 10.0 Å². The first-order valence-corrected chi connectivity index (χ1v) is 8.86. The molecule has 8 heteroatoms. The molecule has 0 saturated carbocycles.